The molecule has 0 aliphatic carbocycles. The molecule has 3 heterocycles. The molecule has 136 valence electrons. The van der Waals surface area contributed by atoms with E-state index in [1.807, 2.05) is 6.92 Å². The van der Waals surface area contributed by atoms with Gasteiger partial charge in [-0.05, 0) is 42.8 Å². The number of nitrogens with one attached hydrogen (secondary N) is 2. The summed E-state index contributed by atoms with van der Waals surface area (Å²) in [6.07, 6.45) is 1.50. The van der Waals surface area contributed by atoms with E-state index in [0.29, 0.717) is 17.1 Å². The summed E-state index contributed by atoms with van der Waals surface area (Å²) in [5, 5.41) is 3.25. The van der Waals surface area contributed by atoms with Crippen LogP contribution in [0.4, 0.5) is 8.78 Å². The molecule has 1 aliphatic rings. The van der Waals surface area contributed by atoms with Gasteiger partial charge in [-0.15, -0.1) is 0 Å². The fraction of sp³-hybridized carbons (Fsp3) is 0.150. The van der Waals surface area contributed by atoms with Gasteiger partial charge in [0.05, 0.1) is 11.7 Å². The number of rotatable bonds is 3. The van der Waals surface area contributed by atoms with Crippen LogP contribution in [0.3, 0.4) is 0 Å². The zero-order valence-electron chi connectivity index (χ0n) is 14.4. The molecule has 0 saturated heterocycles. The number of pyridine rings is 2. The first-order valence-electron chi connectivity index (χ1n) is 8.43. The van der Waals surface area contributed by atoms with Gasteiger partial charge in [-0.25, -0.2) is 8.78 Å². The second-order valence-electron chi connectivity index (χ2n) is 6.36. The zero-order valence-corrected chi connectivity index (χ0v) is 14.4. The third kappa shape index (κ3) is 2.81. The molecule has 0 amide bonds. The largest absolute Gasteiger partial charge is 0.352 e. The number of nitrogens with zero attached hydrogens (tertiary/aromatic N) is 2. The summed E-state index contributed by atoms with van der Waals surface area (Å²) in [6.45, 7) is 1.82. The van der Waals surface area contributed by atoms with E-state index >= 15 is 0 Å². The topological polar surface area (TPSA) is 70.1 Å². The maximum absolute atomic E-state index is 14.7. The van der Waals surface area contributed by atoms with Crippen LogP contribution >= 0.6 is 0 Å². The maximum atomic E-state index is 14.7. The number of aromatic amines is 1. The highest BCUT2D eigenvalue weighted by molar-refractivity contribution is 5.99. The van der Waals surface area contributed by atoms with Crippen LogP contribution in [0.25, 0.3) is 0 Å². The van der Waals surface area contributed by atoms with Crippen molar-refractivity contribution in [1.82, 2.24) is 15.3 Å². The van der Waals surface area contributed by atoms with Gasteiger partial charge in [-0.2, -0.15) is 0 Å². The van der Waals surface area contributed by atoms with Crippen LogP contribution in [0, 0.1) is 11.6 Å². The third-order valence-electron chi connectivity index (χ3n) is 4.72. The molecule has 2 aromatic heterocycles. The molecule has 2 N–H and O–H groups in total. The summed E-state index contributed by atoms with van der Waals surface area (Å²) < 4.78 is 28.2. The molecule has 3 aromatic rings. The van der Waals surface area contributed by atoms with Crippen molar-refractivity contribution < 1.29 is 8.78 Å². The van der Waals surface area contributed by atoms with Crippen LogP contribution in [-0.2, 0) is 5.54 Å². The van der Waals surface area contributed by atoms with Crippen molar-refractivity contribution in [3.8, 4) is 0 Å². The molecule has 0 saturated carbocycles. The average Bonchev–Trinajstić information content (AvgIpc) is 3.01. The molecule has 7 heteroatoms. The molecule has 1 aliphatic heterocycles. The smallest absolute Gasteiger partial charge is 0.248 e. The number of H-pyrrole nitrogens is 1. The molecule has 5 nitrogen and oxygen atoms in total. The lowest BCUT2D eigenvalue weighted by atomic mass is 9.81. The van der Waals surface area contributed by atoms with Gasteiger partial charge in [0.25, 0.3) is 0 Å². The van der Waals surface area contributed by atoms with Gasteiger partial charge >= 0.3 is 0 Å². The predicted octanol–water partition coefficient (Wildman–Crippen LogP) is 2.73. The minimum absolute atomic E-state index is 0.154. The normalized spacial score (nSPS) is 21.6. The van der Waals surface area contributed by atoms with E-state index in [0.717, 1.165) is 0 Å². The van der Waals surface area contributed by atoms with Crippen LogP contribution in [0.15, 0.2) is 70.6 Å². The highest BCUT2D eigenvalue weighted by Crippen LogP contribution is 2.38. The summed E-state index contributed by atoms with van der Waals surface area (Å²) in [7, 11) is 0. The number of halogens is 2. The van der Waals surface area contributed by atoms with Crippen molar-refractivity contribution in [2.75, 3.05) is 0 Å². The molecule has 0 fully saturated rings. The van der Waals surface area contributed by atoms with E-state index in [1.54, 1.807) is 24.3 Å². The SMILES string of the molecule is C[C@@H]1N=C(c2cccc(=O)[nH]2)N[C@@]1(c1ccc(F)cc1)c1ncccc1F. The summed E-state index contributed by atoms with van der Waals surface area (Å²) in [5.41, 5.74) is -0.157. The second kappa shape index (κ2) is 6.42. The average molecular weight is 366 g/mol. The molecule has 0 radical (unpaired) electrons. The zero-order chi connectivity index (χ0) is 19.0. The minimum Gasteiger partial charge on any atom is -0.352 e. The first kappa shape index (κ1) is 17.1. The van der Waals surface area contributed by atoms with Gasteiger partial charge in [-0.3, -0.25) is 14.8 Å². The Bertz CT molecular complexity index is 1080. The van der Waals surface area contributed by atoms with Crippen molar-refractivity contribution in [2.45, 2.75) is 18.5 Å². The van der Waals surface area contributed by atoms with Crippen LogP contribution in [-0.4, -0.2) is 21.8 Å². The number of amidine groups is 1. The fourth-order valence-corrected chi connectivity index (χ4v) is 3.43. The fourth-order valence-electron chi connectivity index (χ4n) is 3.43. The Kier molecular flexibility index (Phi) is 4.07. The number of benzene rings is 1. The molecule has 0 unspecified atom stereocenters. The first-order chi connectivity index (χ1) is 13.0. The summed E-state index contributed by atoms with van der Waals surface area (Å²) in [6, 6.07) is 12.9. The molecule has 0 spiro atoms. The Morgan fingerprint density at radius 3 is 2.52 bits per heavy atom. The predicted molar refractivity (Wildman–Crippen MR) is 97.6 cm³/mol. The third-order valence-corrected chi connectivity index (χ3v) is 4.72. The Hall–Kier alpha value is -3.35. The van der Waals surface area contributed by atoms with Gasteiger partial charge in [0.1, 0.15) is 28.7 Å². The van der Waals surface area contributed by atoms with Crippen molar-refractivity contribution in [1.29, 1.82) is 0 Å². The van der Waals surface area contributed by atoms with Crippen molar-refractivity contribution in [2.24, 2.45) is 4.99 Å². The van der Waals surface area contributed by atoms with Gasteiger partial charge in [-0.1, -0.05) is 18.2 Å². The maximum Gasteiger partial charge on any atom is 0.248 e. The summed E-state index contributed by atoms with van der Waals surface area (Å²) in [4.78, 5) is 23.2. The van der Waals surface area contributed by atoms with Crippen LogP contribution < -0.4 is 10.9 Å². The molecule has 2 atom stereocenters. The summed E-state index contributed by atoms with van der Waals surface area (Å²) in [5.74, 6) is -0.483. The highest BCUT2D eigenvalue weighted by Gasteiger charge is 2.48. The van der Waals surface area contributed by atoms with Crippen molar-refractivity contribution >= 4 is 5.84 Å². The summed E-state index contributed by atoms with van der Waals surface area (Å²) >= 11 is 0. The van der Waals surface area contributed by atoms with E-state index in [-0.39, 0.29) is 11.3 Å². The van der Waals surface area contributed by atoms with Gasteiger partial charge < -0.3 is 10.3 Å². The van der Waals surface area contributed by atoms with E-state index in [4.69, 9.17) is 0 Å². The van der Waals surface area contributed by atoms with Gasteiger partial charge in [0, 0.05) is 12.3 Å². The number of hydrogen-bond acceptors (Lipinski definition) is 4. The number of aromatic nitrogens is 2. The first-order valence-corrected chi connectivity index (χ1v) is 8.43. The van der Waals surface area contributed by atoms with Crippen LogP contribution in [0.5, 0.6) is 0 Å². The minimum atomic E-state index is -1.14. The Balaban J connectivity index is 1.89. The van der Waals surface area contributed by atoms with Crippen molar-refractivity contribution in [3.05, 3.63) is 99.7 Å². The lowest BCUT2D eigenvalue weighted by Gasteiger charge is -2.34. The lowest BCUT2D eigenvalue weighted by molar-refractivity contribution is 0.398. The van der Waals surface area contributed by atoms with E-state index in [2.05, 4.69) is 20.3 Å². The van der Waals surface area contributed by atoms with Gasteiger partial charge in [0.15, 0.2) is 0 Å². The van der Waals surface area contributed by atoms with Crippen LogP contribution in [0.2, 0.25) is 0 Å². The number of aliphatic imine (C=N–C) groups is 1. The molecule has 0 bridgehead atoms. The van der Waals surface area contributed by atoms with Crippen LogP contribution in [0.1, 0.15) is 23.9 Å². The molecule has 4 rings (SSSR count). The second-order valence-corrected chi connectivity index (χ2v) is 6.36. The molecule has 27 heavy (non-hydrogen) atoms. The van der Waals surface area contributed by atoms with E-state index in [1.165, 1.54) is 36.5 Å². The quantitative estimate of drug-likeness (QED) is 0.749. The van der Waals surface area contributed by atoms with E-state index < -0.39 is 23.2 Å². The molecular formula is C20H16F2N4O. The lowest BCUT2D eigenvalue weighted by Crippen LogP contribution is -2.49. The monoisotopic (exact) mass is 366 g/mol. The molecular weight excluding hydrogens is 350 g/mol. The van der Waals surface area contributed by atoms with E-state index in [9.17, 15) is 13.6 Å². The van der Waals surface area contributed by atoms with Gasteiger partial charge in [0.2, 0.25) is 5.56 Å². The Morgan fingerprint density at radius 2 is 1.81 bits per heavy atom. The Labute approximate surface area is 153 Å². The molecule has 1 aromatic carbocycles. The van der Waals surface area contributed by atoms with Crippen molar-refractivity contribution in [3.63, 3.8) is 0 Å². The number of hydrogen-bond donors (Lipinski definition) is 2. The standard InChI is InChI=1S/C20H16F2N4O/c1-12-20(13-7-9-14(21)10-8-13,18-15(22)4-3-11-23-18)26-19(24-12)16-5-2-6-17(27)25-16/h2-12H,1H3,(H,24,26)(H,25,27)/t12-,20-/m0/s1. The highest BCUT2D eigenvalue weighted by atomic mass is 19.1. The Morgan fingerprint density at radius 1 is 1.04 bits per heavy atom.